The molecule has 3 N–H and O–H groups in total. The van der Waals surface area contributed by atoms with E-state index in [1.54, 1.807) is 0 Å². The zero-order chi connectivity index (χ0) is 21.1. The fraction of sp³-hybridized carbons (Fsp3) is 0.158. The third-order valence-corrected chi connectivity index (χ3v) is 4.36. The van der Waals surface area contributed by atoms with Gasteiger partial charge in [-0.3, -0.25) is 4.79 Å². The van der Waals surface area contributed by atoms with E-state index in [1.807, 2.05) is 0 Å². The maximum absolute atomic E-state index is 12.8. The van der Waals surface area contributed by atoms with Crippen molar-refractivity contribution in [1.29, 1.82) is 0 Å². The Morgan fingerprint density at radius 2 is 1.69 bits per heavy atom. The molecule has 2 aromatic carbocycles. The summed E-state index contributed by atoms with van der Waals surface area (Å²) in [5.74, 6) is -0.0810. The quantitative estimate of drug-likeness (QED) is 0.551. The average molecular weight is 421 g/mol. The Morgan fingerprint density at radius 3 is 2.28 bits per heavy atom. The molecule has 0 radical (unpaired) electrons. The van der Waals surface area contributed by atoms with Gasteiger partial charge in [0.15, 0.2) is 17.3 Å². The van der Waals surface area contributed by atoms with E-state index in [0.717, 1.165) is 6.07 Å². The van der Waals surface area contributed by atoms with Crippen LogP contribution in [0.1, 0.15) is 10.4 Å². The Hall–Kier alpha value is -3.59. The van der Waals surface area contributed by atoms with Crippen LogP contribution >= 0.6 is 11.6 Å². The van der Waals surface area contributed by atoms with Gasteiger partial charge in [0, 0.05) is 11.6 Å². The lowest BCUT2D eigenvalue weighted by Crippen LogP contribution is -2.12. The number of aromatic nitrogens is 1. The number of methoxy groups -OCH3 is 3. The molecule has 0 aliphatic heterocycles. The van der Waals surface area contributed by atoms with E-state index >= 15 is 0 Å². The van der Waals surface area contributed by atoms with Gasteiger partial charge in [-0.2, -0.15) is 0 Å². The summed E-state index contributed by atoms with van der Waals surface area (Å²) < 4.78 is 20.9. The van der Waals surface area contributed by atoms with E-state index in [-0.39, 0.29) is 39.1 Å². The summed E-state index contributed by atoms with van der Waals surface area (Å²) in [4.78, 5) is 12.8. The van der Waals surface area contributed by atoms with Crippen LogP contribution in [0, 0.1) is 0 Å². The van der Waals surface area contributed by atoms with E-state index in [0.29, 0.717) is 17.2 Å². The molecule has 3 rings (SSSR count). The number of ether oxygens (including phenoxy) is 3. The maximum Gasteiger partial charge on any atom is 0.256 e. The highest BCUT2D eigenvalue weighted by molar-refractivity contribution is 6.32. The molecule has 0 saturated heterocycles. The van der Waals surface area contributed by atoms with Crippen LogP contribution in [-0.4, -0.2) is 42.6 Å². The van der Waals surface area contributed by atoms with Gasteiger partial charge in [0.05, 0.1) is 38.1 Å². The predicted octanol–water partition coefficient (Wildman–Crippen LogP) is 3.68. The third kappa shape index (κ3) is 3.85. The number of phenols is 2. The number of phenolic OH excluding ortho intramolecular Hbond substituents is 2. The van der Waals surface area contributed by atoms with Gasteiger partial charge in [-0.05, 0) is 18.2 Å². The van der Waals surface area contributed by atoms with Gasteiger partial charge in [-0.25, -0.2) is 0 Å². The SMILES string of the molecule is COc1cc(C(=O)Nc2cnoc2-c2cc(Cl)c(O)cc2O)cc(OC)c1OC. The minimum absolute atomic E-state index is 0.00361. The second-order valence-corrected chi connectivity index (χ2v) is 6.16. The Kier molecular flexibility index (Phi) is 5.69. The molecule has 152 valence electrons. The minimum Gasteiger partial charge on any atom is -0.507 e. The molecular formula is C19H17ClN2O7. The van der Waals surface area contributed by atoms with Crippen LogP contribution in [0.15, 0.2) is 35.0 Å². The zero-order valence-corrected chi connectivity index (χ0v) is 16.4. The Bertz CT molecular complexity index is 1040. The smallest absolute Gasteiger partial charge is 0.256 e. The van der Waals surface area contributed by atoms with Crippen LogP contribution < -0.4 is 19.5 Å². The fourth-order valence-electron chi connectivity index (χ4n) is 2.66. The standard InChI is InChI=1S/C19H17ClN2O7/c1-26-15-4-9(5-16(27-2)18(15)28-3)19(25)22-12-8-21-29-17(12)10-6-11(20)14(24)7-13(10)23/h4-8,23-24H,1-3H3,(H,22,25). The highest BCUT2D eigenvalue weighted by Crippen LogP contribution is 2.41. The zero-order valence-electron chi connectivity index (χ0n) is 15.6. The third-order valence-electron chi connectivity index (χ3n) is 4.06. The van der Waals surface area contributed by atoms with Crippen LogP contribution in [0.3, 0.4) is 0 Å². The minimum atomic E-state index is -0.516. The first kappa shape index (κ1) is 20.2. The average Bonchev–Trinajstić information content (AvgIpc) is 3.17. The molecule has 0 fully saturated rings. The lowest BCUT2D eigenvalue weighted by atomic mass is 10.1. The fourth-order valence-corrected chi connectivity index (χ4v) is 2.83. The van der Waals surface area contributed by atoms with Crippen LogP contribution in [0.25, 0.3) is 11.3 Å². The van der Waals surface area contributed by atoms with Gasteiger partial charge in [0.25, 0.3) is 5.91 Å². The number of aromatic hydroxyl groups is 2. The molecule has 1 heterocycles. The molecule has 9 nitrogen and oxygen atoms in total. The number of rotatable bonds is 6. The molecule has 0 aliphatic rings. The van der Waals surface area contributed by atoms with Crippen molar-refractivity contribution in [3.05, 3.63) is 41.0 Å². The molecule has 0 aliphatic carbocycles. The molecule has 10 heteroatoms. The summed E-state index contributed by atoms with van der Waals surface area (Å²) in [6.45, 7) is 0. The van der Waals surface area contributed by atoms with Crippen molar-refractivity contribution in [2.45, 2.75) is 0 Å². The number of nitrogens with one attached hydrogen (secondary N) is 1. The largest absolute Gasteiger partial charge is 0.507 e. The lowest BCUT2D eigenvalue weighted by molar-refractivity contribution is 0.102. The number of hydrogen-bond donors (Lipinski definition) is 3. The molecule has 0 bridgehead atoms. The van der Waals surface area contributed by atoms with Crippen LogP contribution in [0.4, 0.5) is 5.69 Å². The van der Waals surface area contributed by atoms with E-state index in [4.69, 9.17) is 30.3 Å². The second kappa shape index (κ2) is 8.19. The van der Waals surface area contributed by atoms with Gasteiger partial charge in [-0.15, -0.1) is 0 Å². The summed E-state index contributed by atoms with van der Waals surface area (Å²) in [6, 6.07) is 5.32. The van der Waals surface area contributed by atoms with E-state index in [9.17, 15) is 15.0 Å². The number of nitrogens with zero attached hydrogens (tertiary/aromatic N) is 1. The number of carbonyl (C=O) groups is 1. The first-order valence-electron chi connectivity index (χ1n) is 8.17. The number of benzene rings is 2. The van der Waals surface area contributed by atoms with E-state index < -0.39 is 5.91 Å². The second-order valence-electron chi connectivity index (χ2n) is 5.76. The molecule has 3 aromatic rings. The number of carbonyl (C=O) groups excluding carboxylic acids is 1. The van der Waals surface area contributed by atoms with Crippen molar-refractivity contribution in [2.75, 3.05) is 26.6 Å². The van der Waals surface area contributed by atoms with Gasteiger partial charge in [0.1, 0.15) is 17.2 Å². The molecule has 0 spiro atoms. The highest BCUT2D eigenvalue weighted by Gasteiger charge is 2.21. The summed E-state index contributed by atoms with van der Waals surface area (Å²) >= 11 is 5.90. The van der Waals surface area contributed by atoms with Crippen molar-refractivity contribution in [3.63, 3.8) is 0 Å². The van der Waals surface area contributed by atoms with Crippen molar-refractivity contribution in [3.8, 4) is 40.1 Å². The lowest BCUT2D eigenvalue weighted by Gasteiger charge is -2.14. The monoisotopic (exact) mass is 420 g/mol. The van der Waals surface area contributed by atoms with Gasteiger partial charge >= 0.3 is 0 Å². The Labute approximate surface area is 170 Å². The summed E-state index contributed by atoms with van der Waals surface area (Å²) in [5, 5.41) is 26.0. The van der Waals surface area contributed by atoms with Crippen LogP contribution in [0.2, 0.25) is 5.02 Å². The molecule has 1 aromatic heterocycles. The van der Waals surface area contributed by atoms with Crippen molar-refractivity contribution >= 4 is 23.2 Å². The predicted molar refractivity (Wildman–Crippen MR) is 104 cm³/mol. The van der Waals surface area contributed by atoms with E-state index in [1.165, 1.54) is 45.7 Å². The normalized spacial score (nSPS) is 10.5. The number of hydrogen-bond acceptors (Lipinski definition) is 8. The first-order valence-corrected chi connectivity index (χ1v) is 8.55. The summed E-state index contributed by atoms with van der Waals surface area (Å²) in [6.07, 6.45) is 1.27. The topological polar surface area (TPSA) is 123 Å². The number of halogens is 1. The molecule has 0 saturated carbocycles. The van der Waals surface area contributed by atoms with Crippen LogP contribution in [-0.2, 0) is 0 Å². The van der Waals surface area contributed by atoms with E-state index in [2.05, 4.69) is 10.5 Å². The molecular weight excluding hydrogens is 404 g/mol. The summed E-state index contributed by atoms with van der Waals surface area (Å²) in [5.41, 5.74) is 0.547. The molecule has 0 unspecified atom stereocenters. The number of amides is 1. The number of anilines is 1. The Balaban J connectivity index is 1.96. The first-order chi connectivity index (χ1) is 13.9. The van der Waals surface area contributed by atoms with Crippen molar-refractivity contribution < 1.29 is 33.7 Å². The van der Waals surface area contributed by atoms with Crippen molar-refractivity contribution in [2.24, 2.45) is 0 Å². The van der Waals surface area contributed by atoms with Crippen molar-refractivity contribution in [1.82, 2.24) is 5.16 Å². The maximum atomic E-state index is 12.8. The molecule has 0 atom stereocenters. The molecule has 1 amide bonds. The Morgan fingerprint density at radius 1 is 1.03 bits per heavy atom. The highest BCUT2D eigenvalue weighted by atomic mass is 35.5. The molecule has 29 heavy (non-hydrogen) atoms. The van der Waals surface area contributed by atoms with Gasteiger partial charge in [0.2, 0.25) is 5.75 Å². The van der Waals surface area contributed by atoms with Gasteiger partial charge < -0.3 is 34.3 Å². The summed E-state index contributed by atoms with van der Waals surface area (Å²) in [7, 11) is 4.33. The van der Waals surface area contributed by atoms with Crippen LogP contribution in [0.5, 0.6) is 28.7 Å². The van der Waals surface area contributed by atoms with Gasteiger partial charge in [-0.1, -0.05) is 16.8 Å².